The van der Waals surface area contributed by atoms with Crippen molar-refractivity contribution < 1.29 is 50.8 Å². The minimum Gasteiger partial charge on any atom is -0.385 e. The molecule has 2 N–H and O–H groups in total. The van der Waals surface area contributed by atoms with E-state index in [-0.39, 0.29) is 0 Å². The number of aliphatic hydroxyl groups excluding tert-OH is 2. The lowest BCUT2D eigenvalue weighted by atomic mass is 9.98. The highest BCUT2D eigenvalue weighted by molar-refractivity contribution is 5.86. The van der Waals surface area contributed by atoms with Gasteiger partial charge in [0.15, 0.2) is 5.78 Å². The highest BCUT2D eigenvalue weighted by atomic mass is 19.4. The van der Waals surface area contributed by atoms with E-state index in [4.69, 9.17) is 0 Å². The molecule has 0 aliphatic rings. The summed E-state index contributed by atoms with van der Waals surface area (Å²) < 4.78 is 82.6. The number of carbonyl (C=O) groups excluding carboxylic acids is 1. The molecule has 5 nitrogen and oxygen atoms in total. The molecule has 0 bridgehead atoms. The molecule has 0 heterocycles. The van der Waals surface area contributed by atoms with Crippen LogP contribution in [0.5, 0.6) is 0 Å². The van der Waals surface area contributed by atoms with Gasteiger partial charge in [-0.2, -0.15) is 26.3 Å². The molecule has 4 atom stereocenters. The molecule has 0 fully saturated rings. The molecule has 24 heavy (non-hydrogen) atoms. The van der Waals surface area contributed by atoms with Gasteiger partial charge in [-0.05, 0) is 0 Å². The molecule has 0 spiro atoms. The summed E-state index contributed by atoms with van der Waals surface area (Å²) >= 11 is 0. The second-order valence-corrected chi connectivity index (χ2v) is 5.26. The predicted octanol–water partition coefficient (Wildman–Crippen LogP) is 1.99. The number of hydrogen-bond acceptors (Lipinski definition) is 5. The van der Waals surface area contributed by atoms with Crippen LogP contribution in [0.15, 0.2) is 0 Å². The zero-order valence-corrected chi connectivity index (χ0v) is 13.0. The van der Waals surface area contributed by atoms with Crippen molar-refractivity contribution in [1.82, 2.24) is 0 Å². The first kappa shape index (κ1) is 23.1. The number of hydrogen-bond donors (Lipinski definition) is 2. The molecule has 0 radical (unpaired) electrons. The maximum absolute atomic E-state index is 12.3. The van der Waals surface area contributed by atoms with Gasteiger partial charge in [0.1, 0.15) is 12.2 Å². The number of methoxy groups -OCH3 is 2. The van der Waals surface area contributed by atoms with Crippen LogP contribution in [-0.4, -0.2) is 67.0 Å². The quantitative estimate of drug-likeness (QED) is 0.576. The minimum absolute atomic E-state index is 0.747. The van der Waals surface area contributed by atoms with E-state index in [2.05, 4.69) is 9.47 Å². The third-order valence-electron chi connectivity index (χ3n) is 3.21. The molecule has 0 aromatic rings. The molecule has 2 unspecified atom stereocenters. The topological polar surface area (TPSA) is 76.0 Å². The number of alkyl halides is 6. The van der Waals surface area contributed by atoms with E-state index in [1.165, 1.54) is 0 Å². The fourth-order valence-corrected chi connectivity index (χ4v) is 1.99. The van der Waals surface area contributed by atoms with Crippen molar-refractivity contribution in [2.45, 2.75) is 62.5 Å². The van der Waals surface area contributed by atoms with Gasteiger partial charge in [-0.25, -0.2) is 0 Å². The summed E-state index contributed by atoms with van der Waals surface area (Å²) in [6.07, 6.45) is -20.6. The molecule has 0 amide bonds. The summed E-state index contributed by atoms with van der Waals surface area (Å²) in [5, 5.41) is 19.2. The molecular weight excluding hydrogens is 350 g/mol. The largest absolute Gasteiger partial charge is 0.391 e. The average Bonchev–Trinajstić information content (AvgIpc) is 2.41. The molecule has 0 aliphatic heterocycles. The zero-order chi connectivity index (χ0) is 19.1. The summed E-state index contributed by atoms with van der Waals surface area (Å²) in [4.78, 5) is 11.7. The van der Waals surface area contributed by atoms with Gasteiger partial charge in [-0.15, -0.1) is 0 Å². The SMILES string of the molecule is COC(C[C@H](O)C(=O)[C@@H](O)CC(CC(F)(F)F)OC)CC(F)(F)F. The van der Waals surface area contributed by atoms with E-state index < -0.39 is 68.2 Å². The molecule has 0 aromatic carbocycles. The number of ketones is 1. The van der Waals surface area contributed by atoms with Gasteiger partial charge in [0.2, 0.25) is 0 Å². The molecule has 11 heteroatoms. The van der Waals surface area contributed by atoms with Gasteiger partial charge in [0, 0.05) is 27.1 Å². The van der Waals surface area contributed by atoms with Crippen LogP contribution in [-0.2, 0) is 14.3 Å². The van der Waals surface area contributed by atoms with E-state index in [9.17, 15) is 41.4 Å². The minimum atomic E-state index is -4.59. The fraction of sp³-hybridized carbons (Fsp3) is 0.923. The van der Waals surface area contributed by atoms with Crippen LogP contribution in [0.4, 0.5) is 26.3 Å². The molecule has 0 aromatic heterocycles. The molecule has 0 aliphatic carbocycles. The second-order valence-electron chi connectivity index (χ2n) is 5.26. The smallest absolute Gasteiger partial charge is 0.385 e. The van der Waals surface area contributed by atoms with E-state index >= 15 is 0 Å². The Morgan fingerprint density at radius 1 is 0.833 bits per heavy atom. The van der Waals surface area contributed by atoms with Gasteiger partial charge >= 0.3 is 12.4 Å². The number of aliphatic hydroxyl groups is 2. The lowest BCUT2D eigenvalue weighted by Crippen LogP contribution is -2.38. The van der Waals surface area contributed by atoms with Crippen LogP contribution in [0.25, 0.3) is 0 Å². The van der Waals surface area contributed by atoms with E-state index in [0.717, 1.165) is 14.2 Å². The third kappa shape index (κ3) is 10.1. The van der Waals surface area contributed by atoms with Crippen molar-refractivity contribution in [2.24, 2.45) is 0 Å². The summed E-state index contributed by atoms with van der Waals surface area (Å²) in [6, 6.07) is 0. The van der Waals surface area contributed by atoms with Gasteiger partial charge < -0.3 is 19.7 Å². The number of carbonyl (C=O) groups is 1. The second kappa shape index (κ2) is 9.54. The first-order valence-corrected chi connectivity index (χ1v) is 6.88. The Kier molecular flexibility index (Phi) is 9.18. The Morgan fingerprint density at radius 3 is 1.33 bits per heavy atom. The summed E-state index contributed by atoms with van der Waals surface area (Å²) in [6.45, 7) is 0. The Bertz CT molecular complexity index is 350. The van der Waals surface area contributed by atoms with Crippen LogP contribution in [0, 0.1) is 0 Å². The highest BCUT2D eigenvalue weighted by Crippen LogP contribution is 2.27. The van der Waals surface area contributed by atoms with Gasteiger partial charge in [0.25, 0.3) is 0 Å². The van der Waals surface area contributed by atoms with Crippen LogP contribution >= 0.6 is 0 Å². The van der Waals surface area contributed by atoms with Crippen molar-refractivity contribution >= 4 is 5.78 Å². The molecular formula is C13H20F6O5. The highest BCUT2D eigenvalue weighted by Gasteiger charge is 2.37. The lowest BCUT2D eigenvalue weighted by molar-refractivity contribution is -0.166. The summed E-state index contributed by atoms with van der Waals surface area (Å²) in [5.74, 6) is -1.29. The van der Waals surface area contributed by atoms with Crippen LogP contribution in [0.3, 0.4) is 0 Å². The van der Waals surface area contributed by atoms with E-state index in [1.54, 1.807) is 0 Å². The summed E-state index contributed by atoms with van der Waals surface area (Å²) in [5.41, 5.74) is 0. The predicted molar refractivity (Wildman–Crippen MR) is 69.2 cm³/mol. The van der Waals surface area contributed by atoms with Gasteiger partial charge in [0.05, 0.1) is 25.0 Å². The van der Waals surface area contributed by atoms with Crippen molar-refractivity contribution in [1.29, 1.82) is 0 Å². The lowest BCUT2D eigenvalue weighted by Gasteiger charge is -2.23. The number of rotatable bonds is 10. The number of ether oxygens (including phenoxy) is 2. The molecule has 0 saturated carbocycles. The van der Waals surface area contributed by atoms with Gasteiger partial charge in [-0.1, -0.05) is 0 Å². The fourth-order valence-electron chi connectivity index (χ4n) is 1.99. The number of Topliss-reactive ketones (excluding diaryl/α,β-unsaturated/α-hetero) is 1. The van der Waals surface area contributed by atoms with Crippen LogP contribution in [0.2, 0.25) is 0 Å². The van der Waals surface area contributed by atoms with Crippen LogP contribution < -0.4 is 0 Å². The van der Waals surface area contributed by atoms with Crippen LogP contribution in [0.1, 0.15) is 25.7 Å². The Labute approximate surface area is 134 Å². The zero-order valence-electron chi connectivity index (χ0n) is 13.0. The Balaban J connectivity index is 4.64. The van der Waals surface area contributed by atoms with E-state index in [1.807, 2.05) is 0 Å². The third-order valence-corrected chi connectivity index (χ3v) is 3.21. The standard InChI is InChI=1S/C13H20F6O5/c1-23-7(5-12(14,15)16)3-9(20)11(22)10(21)4-8(24-2)6-13(17,18)19/h7-10,20-21H,3-6H2,1-2H3/t7?,8?,9-,10-/m0/s1. The molecule has 0 saturated heterocycles. The average molecular weight is 370 g/mol. The van der Waals surface area contributed by atoms with Crippen molar-refractivity contribution in [3.63, 3.8) is 0 Å². The summed E-state index contributed by atoms with van der Waals surface area (Å²) in [7, 11) is 1.91. The van der Waals surface area contributed by atoms with E-state index in [0.29, 0.717) is 0 Å². The maximum Gasteiger partial charge on any atom is 0.391 e. The number of halogens is 6. The first-order valence-electron chi connectivity index (χ1n) is 6.88. The van der Waals surface area contributed by atoms with Crippen molar-refractivity contribution in [3.8, 4) is 0 Å². The monoisotopic (exact) mass is 370 g/mol. The Hall–Kier alpha value is -0.910. The first-order chi connectivity index (χ1) is 10.8. The maximum atomic E-state index is 12.3. The van der Waals surface area contributed by atoms with Crippen molar-refractivity contribution in [2.75, 3.05) is 14.2 Å². The molecule has 0 rings (SSSR count). The normalized spacial score (nSPS) is 18.1. The van der Waals surface area contributed by atoms with Gasteiger partial charge in [-0.3, -0.25) is 4.79 Å². The van der Waals surface area contributed by atoms with Crippen molar-refractivity contribution in [3.05, 3.63) is 0 Å². The Morgan fingerprint density at radius 2 is 1.12 bits per heavy atom. The molecule has 144 valence electrons.